The van der Waals surface area contributed by atoms with Crippen LogP contribution >= 0.6 is 0 Å². The molecule has 0 N–H and O–H groups in total. The lowest BCUT2D eigenvalue weighted by atomic mass is 9.83. The van der Waals surface area contributed by atoms with Gasteiger partial charge in [0.25, 0.3) is 0 Å². The standard InChI is InChI=1S/C42H26O.2C38H24O/c1-2-13-28(14-3-1)40-32-17-6-8-19-34(32)41(35-20-9-7-18-33(35)40)29-24-25-39-38(26-29)37-23-11-22-36(42(37)43-39)31-21-10-15-27-12-4-5-16-30(27)31;1-3-13-25(14-4-1)33-23-27(24-34-28-17-11-12-22-35(28)39-38(33)34)37-31-20-9-7-18-29(31)36(26-15-5-2-6-16-26)30-19-8-10-21-32(30)37;1-3-13-25(14-4-1)32-24-36-33(27-17-11-12-22-35(27)39-36)23-34(32)38-30-20-9-7-18-28(30)37(26-15-5-2-6-16-26)29-19-8-10-21-31(29)38/h1-26H;2*1-24H. The summed E-state index contributed by atoms with van der Waals surface area (Å²) in [6, 6.07) is 161. The number of benzene rings is 22. The Hall–Kier alpha value is -15.9. The van der Waals surface area contributed by atoms with Crippen LogP contribution in [-0.4, -0.2) is 0 Å². The molecule has 3 heterocycles. The minimum Gasteiger partial charge on any atom is -0.456 e. The molecule has 0 aliphatic rings. The van der Waals surface area contributed by atoms with Gasteiger partial charge in [-0.05, 0) is 213 Å². The van der Waals surface area contributed by atoms with Crippen molar-refractivity contribution in [2.24, 2.45) is 0 Å². The molecular formula is C118H74O3. The first-order chi connectivity index (χ1) is 60.1. The first-order valence-corrected chi connectivity index (χ1v) is 41.5. The predicted molar refractivity (Wildman–Crippen MR) is 513 cm³/mol. The maximum absolute atomic E-state index is 6.63. The van der Waals surface area contributed by atoms with Gasteiger partial charge in [-0.15, -0.1) is 0 Å². The Labute approximate surface area is 698 Å². The SMILES string of the molecule is c1ccc(-c2c3ccccc3c(-c3cc(-c4ccccc4)c4oc5ccccc5c4c3)c3ccccc23)cc1.c1ccc(-c2c3ccccc3c(-c3ccc4oc5c(-c6cccc7ccccc67)cccc5c4c3)c3ccccc23)cc1.c1ccc(-c2cc3oc4ccccc4c3cc2-c2c3ccccc3c(-c3ccccc3)c3ccccc23)cc1. The Morgan fingerprint density at radius 1 is 0.116 bits per heavy atom. The molecule has 0 saturated carbocycles. The van der Waals surface area contributed by atoms with Crippen molar-refractivity contribution in [3.05, 3.63) is 449 Å². The second-order valence-electron chi connectivity index (χ2n) is 31.4. The molecule has 0 bridgehead atoms. The average Bonchev–Trinajstić information content (AvgIpc) is 1.68. The lowest BCUT2D eigenvalue weighted by Crippen LogP contribution is -1.93. The highest BCUT2D eigenvalue weighted by atomic mass is 16.3. The highest BCUT2D eigenvalue weighted by molar-refractivity contribution is 6.27. The Balaban J connectivity index is 0.000000106. The summed E-state index contributed by atoms with van der Waals surface area (Å²) < 4.78 is 19.5. The van der Waals surface area contributed by atoms with E-state index in [9.17, 15) is 0 Å². The number of hydrogen-bond acceptors (Lipinski definition) is 3. The lowest BCUT2D eigenvalue weighted by Gasteiger charge is -2.20. The van der Waals surface area contributed by atoms with Gasteiger partial charge in [0, 0.05) is 43.4 Å². The molecule has 0 spiro atoms. The van der Waals surface area contributed by atoms with Crippen LogP contribution in [0.15, 0.2) is 462 Å². The third-order valence-corrected chi connectivity index (χ3v) is 24.6. The van der Waals surface area contributed by atoms with E-state index in [-0.39, 0.29) is 0 Å². The van der Waals surface area contributed by atoms with E-state index in [1.54, 1.807) is 0 Å². The fourth-order valence-electron chi connectivity index (χ4n) is 19.3. The second kappa shape index (κ2) is 29.7. The van der Waals surface area contributed by atoms with Crippen LogP contribution in [0.2, 0.25) is 0 Å². The molecule has 564 valence electrons. The van der Waals surface area contributed by atoms with E-state index in [1.807, 2.05) is 12.1 Å². The van der Waals surface area contributed by atoms with Crippen LogP contribution in [-0.2, 0) is 0 Å². The Morgan fingerprint density at radius 3 is 0.893 bits per heavy atom. The largest absolute Gasteiger partial charge is 0.456 e. The smallest absolute Gasteiger partial charge is 0.143 e. The molecule has 0 atom stereocenters. The molecule has 0 aliphatic carbocycles. The van der Waals surface area contributed by atoms with Crippen LogP contribution < -0.4 is 0 Å². The fourth-order valence-corrected chi connectivity index (χ4v) is 19.3. The minimum absolute atomic E-state index is 0.904. The third kappa shape index (κ3) is 12.0. The summed E-state index contributed by atoms with van der Waals surface area (Å²) in [6.45, 7) is 0. The van der Waals surface area contributed by atoms with Crippen molar-refractivity contribution in [3.63, 3.8) is 0 Å². The first-order valence-electron chi connectivity index (χ1n) is 41.5. The number of rotatable bonds is 9. The molecule has 3 aromatic heterocycles. The number of para-hydroxylation sites is 3. The molecule has 121 heavy (non-hydrogen) atoms. The number of furan rings is 3. The molecule has 0 radical (unpaired) electrons. The molecule has 25 rings (SSSR count). The van der Waals surface area contributed by atoms with Crippen LogP contribution in [0, 0.1) is 0 Å². The van der Waals surface area contributed by atoms with Gasteiger partial charge in [0.05, 0.1) is 0 Å². The van der Waals surface area contributed by atoms with Gasteiger partial charge in [-0.1, -0.05) is 400 Å². The van der Waals surface area contributed by atoms with Gasteiger partial charge in [0.15, 0.2) is 0 Å². The van der Waals surface area contributed by atoms with Crippen LogP contribution in [0.4, 0.5) is 0 Å². The zero-order chi connectivity index (χ0) is 79.9. The van der Waals surface area contributed by atoms with Gasteiger partial charge < -0.3 is 13.3 Å². The van der Waals surface area contributed by atoms with Crippen molar-refractivity contribution in [1.29, 1.82) is 0 Å². The van der Waals surface area contributed by atoms with E-state index >= 15 is 0 Å². The number of fused-ring (bicyclic) bond motifs is 16. The molecule has 0 unspecified atom stereocenters. The summed E-state index contributed by atoms with van der Waals surface area (Å²) in [5.74, 6) is 0. The summed E-state index contributed by atoms with van der Waals surface area (Å²) in [5.41, 5.74) is 27.3. The van der Waals surface area contributed by atoms with E-state index in [2.05, 4.69) is 437 Å². The van der Waals surface area contributed by atoms with Crippen molar-refractivity contribution in [1.82, 2.24) is 0 Å². The molecule has 0 aliphatic heterocycles. The zero-order valence-electron chi connectivity index (χ0n) is 65.9. The topological polar surface area (TPSA) is 39.4 Å². The minimum atomic E-state index is 0.904. The summed E-state index contributed by atoms with van der Waals surface area (Å²) in [5, 5.41) is 24.4. The number of hydrogen-bond donors (Lipinski definition) is 0. The van der Waals surface area contributed by atoms with Crippen molar-refractivity contribution < 1.29 is 13.3 Å². The quantitative estimate of drug-likeness (QED) is 0.135. The van der Waals surface area contributed by atoms with Crippen molar-refractivity contribution >= 4 is 141 Å². The van der Waals surface area contributed by atoms with Crippen molar-refractivity contribution in [2.45, 2.75) is 0 Å². The molecule has 25 aromatic rings. The van der Waals surface area contributed by atoms with Crippen molar-refractivity contribution in [3.8, 4) is 100 Å². The van der Waals surface area contributed by atoms with E-state index in [1.165, 1.54) is 159 Å². The van der Waals surface area contributed by atoms with Crippen LogP contribution in [0.25, 0.3) is 241 Å². The molecule has 3 heteroatoms. The van der Waals surface area contributed by atoms with E-state index in [0.717, 1.165) is 82.5 Å². The van der Waals surface area contributed by atoms with Crippen LogP contribution in [0.5, 0.6) is 0 Å². The van der Waals surface area contributed by atoms with Gasteiger partial charge in [0.2, 0.25) is 0 Å². The predicted octanol–water partition coefficient (Wildman–Crippen LogP) is 33.8. The highest BCUT2D eigenvalue weighted by Gasteiger charge is 2.26. The zero-order valence-corrected chi connectivity index (χ0v) is 65.9. The average molecular weight is 1540 g/mol. The molecule has 0 fully saturated rings. The molecular weight excluding hydrogens is 1470 g/mol. The monoisotopic (exact) mass is 1540 g/mol. The van der Waals surface area contributed by atoms with E-state index in [4.69, 9.17) is 13.3 Å². The van der Waals surface area contributed by atoms with Crippen LogP contribution in [0.3, 0.4) is 0 Å². The summed E-state index contributed by atoms with van der Waals surface area (Å²) in [6.07, 6.45) is 0. The summed E-state index contributed by atoms with van der Waals surface area (Å²) >= 11 is 0. The highest BCUT2D eigenvalue weighted by Crippen LogP contribution is 2.52. The third-order valence-electron chi connectivity index (χ3n) is 24.6. The van der Waals surface area contributed by atoms with Gasteiger partial charge in [-0.2, -0.15) is 0 Å². The first kappa shape index (κ1) is 70.5. The molecule has 3 nitrogen and oxygen atoms in total. The van der Waals surface area contributed by atoms with Crippen LogP contribution in [0.1, 0.15) is 0 Å². The van der Waals surface area contributed by atoms with Gasteiger partial charge in [-0.25, -0.2) is 0 Å². The normalized spacial score (nSPS) is 11.6. The summed E-state index contributed by atoms with van der Waals surface area (Å²) in [7, 11) is 0. The van der Waals surface area contributed by atoms with E-state index in [0.29, 0.717) is 0 Å². The Bertz CT molecular complexity index is 8190. The molecule has 0 saturated heterocycles. The Morgan fingerprint density at radius 2 is 0.421 bits per heavy atom. The van der Waals surface area contributed by atoms with Gasteiger partial charge >= 0.3 is 0 Å². The fraction of sp³-hybridized carbons (Fsp3) is 0. The second-order valence-corrected chi connectivity index (χ2v) is 31.4. The van der Waals surface area contributed by atoms with Gasteiger partial charge in [-0.3, -0.25) is 0 Å². The van der Waals surface area contributed by atoms with Crippen molar-refractivity contribution in [2.75, 3.05) is 0 Å². The molecule has 22 aromatic carbocycles. The Kier molecular flexibility index (Phi) is 17.3. The van der Waals surface area contributed by atoms with E-state index < -0.39 is 0 Å². The lowest BCUT2D eigenvalue weighted by molar-refractivity contribution is 0.669. The summed E-state index contributed by atoms with van der Waals surface area (Å²) in [4.78, 5) is 0. The maximum Gasteiger partial charge on any atom is 0.143 e. The maximum atomic E-state index is 6.63. The van der Waals surface area contributed by atoms with Gasteiger partial charge in [0.1, 0.15) is 33.5 Å². The molecule has 0 amide bonds.